The average molecular weight is 226 g/mol. The molecule has 0 saturated heterocycles. The Kier molecular flexibility index (Phi) is 4.43. The van der Waals surface area contributed by atoms with Gasteiger partial charge in [0.15, 0.2) is 5.96 Å². The number of halogens is 1. The quantitative estimate of drug-likeness (QED) is 0.616. The second-order valence-corrected chi connectivity index (χ2v) is 3.86. The van der Waals surface area contributed by atoms with Gasteiger partial charge in [-0.05, 0) is 17.7 Å². The van der Waals surface area contributed by atoms with Crippen molar-refractivity contribution in [2.45, 2.75) is 6.54 Å². The van der Waals surface area contributed by atoms with Crippen LogP contribution in [0.25, 0.3) is 0 Å². The Morgan fingerprint density at radius 1 is 1.47 bits per heavy atom. The Bertz CT molecular complexity index is 347. The first-order valence-corrected chi connectivity index (χ1v) is 5.13. The van der Waals surface area contributed by atoms with Crippen LogP contribution in [0.5, 0.6) is 0 Å². The van der Waals surface area contributed by atoms with Gasteiger partial charge in [0.2, 0.25) is 0 Å². The lowest BCUT2D eigenvalue weighted by molar-refractivity contribution is 0.583. The number of benzene rings is 1. The second kappa shape index (κ2) is 5.61. The molecule has 4 heteroatoms. The Morgan fingerprint density at radius 3 is 2.73 bits per heavy atom. The van der Waals surface area contributed by atoms with Crippen molar-refractivity contribution in [3.05, 3.63) is 34.9 Å². The summed E-state index contributed by atoms with van der Waals surface area (Å²) in [7, 11) is 5.67. The lowest BCUT2D eigenvalue weighted by Gasteiger charge is -2.16. The highest BCUT2D eigenvalue weighted by Gasteiger charge is 2.00. The predicted molar refractivity (Wildman–Crippen MR) is 65.3 cm³/mol. The molecule has 1 N–H and O–H groups in total. The Morgan fingerprint density at radius 2 is 2.20 bits per heavy atom. The van der Waals surface area contributed by atoms with Gasteiger partial charge in [-0.15, -0.1) is 0 Å². The van der Waals surface area contributed by atoms with Crippen LogP contribution in [-0.4, -0.2) is 32.0 Å². The van der Waals surface area contributed by atoms with Crippen LogP contribution in [0.2, 0.25) is 5.02 Å². The fourth-order valence-corrected chi connectivity index (χ4v) is 1.48. The van der Waals surface area contributed by atoms with Gasteiger partial charge in [-0.3, -0.25) is 4.99 Å². The molecule has 0 aromatic heterocycles. The Balaban J connectivity index is 2.57. The molecule has 0 aliphatic rings. The van der Waals surface area contributed by atoms with Crippen molar-refractivity contribution in [2.24, 2.45) is 4.99 Å². The SMILES string of the molecule is CN=C(NCc1cccc(Cl)c1)N(C)C. The molecule has 0 amide bonds. The summed E-state index contributed by atoms with van der Waals surface area (Å²) >= 11 is 5.89. The fraction of sp³-hybridized carbons (Fsp3) is 0.364. The number of nitrogens with one attached hydrogen (secondary N) is 1. The molecule has 0 spiro atoms. The van der Waals surface area contributed by atoms with Crippen LogP contribution in [-0.2, 0) is 6.54 Å². The molecule has 0 saturated carbocycles. The molecule has 0 radical (unpaired) electrons. The summed E-state index contributed by atoms with van der Waals surface area (Å²) in [5, 5.41) is 3.99. The van der Waals surface area contributed by atoms with E-state index in [9.17, 15) is 0 Å². The third-order valence-corrected chi connectivity index (χ3v) is 2.21. The van der Waals surface area contributed by atoms with Crippen molar-refractivity contribution in [2.75, 3.05) is 21.1 Å². The van der Waals surface area contributed by atoms with E-state index in [-0.39, 0.29) is 0 Å². The first-order chi connectivity index (χ1) is 7.13. The largest absolute Gasteiger partial charge is 0.352 e. The van der Waals surface area contributed by atoms with Gasteiger partial charge in [0.25, 0.3) is 0 Å². The van der Waals surface area contributed by atoms with E-state index in [2.05, 4.69) is 10.3 Å². The highest BCUT2D eigenvalue weighted by Crippen LogP contribution is 2.10. The smallest absolute Gasteiger partial charge is 0.193 e. The maximum atomic E-state index is 5.89. The van der Waals surface area contributed by atoms with Crippen molar-refractivity contribution in [1.29, 1.82) is 0 Å². The van der Waals surface area contributed by atoms with Gasteiger partial charge in [-0.1, -0.05) is 23.7 Å². The number of hydrogen-bond acceptors (Lipinski definition) is 1. The molecule has 1 rings (SSSR count). The number of rotatable bonds is 2. The standard InChI is InChI=1S/C11H16ClN3/c1-13-11(15(2)3)14-8-9-5-4-6-10(12)7-9/h4-7H,8H2,1-3H3,(H,13,14). The zero-order valence-electron chi connectivity index (χ0n) is 9.29. The summed E-state index contributed by atoms with van der Waals surface area (Å²) in [5.74, 6) is 0.856. The summed E-state index contributed by atoms with van der Waals surface area (Å²) in [6, 6.07) is 7.78. The molecule has 0 aliphatic heterocycles. The molecular weight excluding hydrogens is 210 g/mol. The van der Waals surface area contributed by atoms with E-state index in [1.807, 2.05) is 43.3 Å². The van der Waals surface area contributed by atoms with Gasteiger partial charge in [0, 0.05) is 32.7 Å². The molecular formula is C11H16ClN3. The summed E-state index contributed by atoms with van der Waals surface area (Å²) < 4.78 is 0. The minimum Gasteiger partial charge on any atom is -0.352 e. The van der Waals surface area contributed by atoms with Gasteiger partial charge in [0.05, 0.1) is 0 Å². The van der Waals surface area contributed by atoms with Crippen LogP contribution in [0.3, 0.4) is 0 Å². The minimum absolute atomic E-state index is 0.728. The molecule has 0 fully saturated rings. The zero-order chi connectivity index (χ0) is 11.3. The molecule has 3 nitrogen and oxygen atoms in total. The topological polar surface area (TPSA) is 27.6 Å². The second-order valence-electron chi connectivity index (χ2n) is 3.43. The van der Waals surface area contributed by atoms with E-state index in [0.29, 0.717) is 0 Å². The molecule has 0 atom stereocenters. The summed E-state index contributed by atoms with van der Waals surface area (Å²) in [6.45, 7) is 0.728. The zero-order valence-corrected chi connectivity index (χ0v) is 10.0. The molecule has 1 aromatic carbocycles. The summed E-state index contributed by atoms with van der Waals surface area (Å²) in [4.78, 5) is 6.06. The minimum atomic E-state index is 0.728. The van der Waals surface area contributed by atoms with E-state index >= 15 is 0 Å². The normalized spacial score (nSPS) is 11.3. The van der Waals surface area contributed by atoms with Crippen LogP contribution in [0.1, 0.15) is 5.56 Å². The number of aliphatic imine (C=N–C) groups is 1. The molecule has 0 bridgehead atoms. The molecule has 0 aliphatic carbocycles. The van der Waals surface area contributed by atoms with Crippen molar-refractivity contribution < 1.29 is 0 Å². The van der Waals surface area contributed by atoms with Crippen LogP contribution < -0.4 is 5.32 Å². The number of hydrogen-bond donors (Lipinski definition) is 1. The maximum absolute atomic E-state index is 5.89. The summed E-state index contributed by atoms with van der Waals surface area (Å²) in [5.41, 5.74) is 1.14. The first-order valence-electron chi connectivity index (χ1n) is 4.76. The first kappa shape index (κ1) is 11.9. The third kappa shape index (κ3) is 3.80. The van der Waals surface area contributed by atoms with Gasteiger partial charge in [-0.2, -0.15) is 0 Å². The lowest BCUT2D eigenvalue weighted by atomic mass is 10.2. The highest BCUT2D eigenvalue weighted by molar-refractivity contribution is 6.30. The van der Waals surface area contributed by atoms with E-state index in [1.165, 1.54) is 0 Å². The average Bonchev–Trinajstić information content (AvgIpc) is 2.18. The van der Waals surface area contributed by atoms with Gasteiger partial charge >= 0.3 is 0 Å². The van der Waals surface area contributed by atoms with Crippen molar-refractivity contribution in [1.82, 2.24) is 10.2 Å². The predicted octanol–water partition coefficient (Wildman–Crippen LogP) is 1.98. The molecule has 1 aromatic rings. The fourth-order valence-electron chi connectivity index (χ4n) is 1.27. The lowest BCUT2D eigenvalue weighted by Crippen LogP contribution is -2.35. The van der Waals surface area contributed by atoms with Gasteiger partial charge < -0.3 is 10.2 Å². The molecule has 0 heterocycles. The van der Waals surface area contributed by atoms with Crippen LogP contribution in [0.4, 0.5) is 0 Å². The van der Waals surface area contributed by atoms with E-state index in [4.69, 9.17) is 11.6 Å². The van der Waals surface area contributed by atoms with Crippen molar-refractivity contribution in [3.8, 4) is 0 Å². The van der Waals surface area contributed by atoms with Gasteiger partial charge in [0.1, 0.15) is 0 Å². The van der Waals surface area contributed by atoms with E-state index in [0.717, 1.165) is 23.1 Å². The Labute approximate surface area is 95.8 Å². The number of guanidine groups is 1. The molecule has 0 unspecified atom stereocenters. The van der Waals surface area contributed by atoms with Crippen LogP contribution in [0.15, 0.2) is 29.3 Å². The summed E-state index contributed by atoms with van der Waals surface area (Å²) in [6.07, 6.45) is 0. The molecule has 15 heavy (non-hydrogen) atoms. The van der Waals surface area contributed by atoms with Crippen LogP contribution >= 0.6 is 11.6 Å². The van der Waals surface area contributed by atoms with E-state index < -0.39 is 0 Å². The van der Waals surface area contributed by atoms with E-state index in [1.54, 1.807) is 7.05 Å². The van der Waals surface area contributed by atoms with Crippen molar-refractivity contribution >= 4 is 17.6 Å². The molecule has 82 valence electrons. The third-order valence-electron chi connectivity index (χ3n) is 1.98. The van der Waals surface area contributed by atoms with Crippen molar-refractivity contribution in [3.63, 3.8) is 0 Å². The number of nitrogens with zero attached hydrogens (tertiary/aromatic N) is 2. The monoisotopic (exact) mass is 225 g/mol. The Hall–Kier alpha value is -1.22. The van der Waals surface area contributed by atoms with Crippen LogP contribution in [0, 0.1) is 0 Å². The van der Waals surface area contributed by atoms with Gasteiger partial charge in [-0.25, -0.2) is 0 Å². The highest BCUT2D eigenvalue weighted by atomic mass is 35.5. The maximum Gasteiger partial charge on any atom is 0.193 e.